The maximum atomic E-state index is 12.5. The van der Waals surface area contributed by atoms with Crippen LogP contribution in [0.3, 0.4) is 0 Å². The third-order valence-electron chi connectivity index (χ3n) is 4.51. The van der Waals surface area contributed by atoms with E-state index in [9.17, 15) is 19.6 Å². The van der Waals surface area contributed by atoms with Gasteiger partial charge < -0.3 is 14.8 Å². The molecule has 0 spiro atoms. The predicted molar refractivity (Wildman–Crippen MR) is 102 cm³/mol. The van der Waals surface area contributed by atoms with Crippen LogP contribution in [-0.2, 0) is 4.74 Å². The van der Waals surface area contributed by atoms with Crippen molar-refractivity contribution in [2.45, 2.75) is 0 Å². The molecule has 0 aliphatic carbocycles. The fourth-order valence-corrected chi connectivity index (χ4v) is 3.01. The predicted octanol–water partition coefficient (Wildman–Crippen LogP) is 2.04. The number of fused-ring (bicyclic) bond motifs is 1. The number of hydrogen-bond donors (Lipinski definition) is 1. The van der Waals surface area contributed by atoms with Gasteiger partial charge in [-0.1, -0.05) is 17.3 Å². The molecule has 1 heterocycles. The van der Waals surface area contributed by atoms with E-state index in [0.717, 1.165) is 10.6 Å². The molecule has 0 fully saturated rings. The largest absolute Gasteiger partial charge is 0.465 e. The summed E-state index contributed by atoms with van der Waals surface area (Å²) in [7, 11) is 3.08. The van der Waals surface area contributed by atoms with Gasteiger partial charge in [-0.15, -0.1) is 0 Å². The second-order valence-electron chi connectivity index (χ2n) is 6.30. The van der Waals surface area contributed by atoms with E-state index in [2.05, 4.69) is 9.89 Å². The molecule has 1 aliphatic rings. The molecule has 144 valence electrons. The first-order valence-electron chi connectivity index (χ1n) is 8.50. The number of ether oxygens (including phenoxy) is 1. The number of anilines is 1. The maximum absolute atomic E-state index is 12.5. The van der Waals surface area contributed by atoms with Crippen LogP contribution in [-0.4, -0.2) is 60.8 Å². The average Bonchev–Trinajstić information content (AvgIpc) is 2.97. The van der Waals surface area contributed by atoms with Crippen LogP contribution in [0.4, 0.5) is 5.69 Å². The van der Waals surface area contributed by atoms with Gasteiger partial charge in [0.05, 0.1) is 42.6 Å². The third kappa shape index (κ3) is 3.57. The van der Waals surface area contributed by atoms with Crippen molar-refractivity contribution in [1.29, 1.82) is 0 Å². The Morgan fingerprint density at radius 3 is 2.14 bits per heavy atom. The van der Waals surface area contributed by atoms with Gasteiger partial charge in [0.15, 0.2) is 0 Å². The van der Waals surface area contributed by atoms with Gasteiger partial charge >= 0.3 is 5.97 Å². The molecule has 28 heavy (non-hydrogen) atoms. The van der Waals surface area contributed by atoms with E-state index in [4.69, 9.17) is 0 Å². The number of imide groups is 1. The summed E-state index contributed by atoms with van der Waals surface area (Å²) in [5, 5.41) is 12.6. The summed E-state index contributed by atoms with van der Waals surface area (Å²) < 4.78 is 4.67. The van der Waals surface area contributed by atoms with Crippen LogP contribution in [0.1, 0.15) is 31.1 Å². The molecule has 1 aliphatic heterocycles. The Kier molecular flexibility index (Phi) is 5.39. The Hall–Kier alpha value is -3.68. The first-order chi connectivity index (χ1) is 13.5. The lowest BCUT2D eigenvalue weighted by Gasteiger charge is -2.22. The van der Waals surface area contributed by atoms with Crippen LogP contribution in [0.25, 0.3) is 0 Å². The minimum Gasteiger partial charge on any atom is -0.465 e. The number of oxime groups is 1. The van der Waals surface area contributed by atoms with E-state index >= 15 is 0 Å². The van der Waals surface area contributed by atoms with Crippen LogP contribution >= 0.6 is 0 Å². The third-order valence-corrected chi connectivity index (χ3v) is 4.51. The van der Waals surface area contributed by atoms with E-state index in [0.29, 0.717) is 16.7 Å². The highest BCUT2D eigenvalue weighted by Gasteiger charge is 2.35. The van der Waals surface area contributed by atoms with Gasteiger partial charge in [-0.3, -0.25) is 14.5 Å². The Morgan fingerprint density at radius 1 is 1.07 bits per heavy atom. The number of esters is 1. The quantitative estimate of drug-likeness (QED) is 0.270. The summed E-state index contributed by atoms with van der Waals surface area (Å²) in [6, 6.07) is 13.3. The monoisotopic (exact) mass is 381 g/mol. The van der Waals surface area contributed by atoms with Crippen LogP contribution in [0.2, 0.25) is 0 Å². The highest BCUT2D eigenvalue weighted by atomic mass is 16.5. The zero-order chi connectivity index (χ0) is 20.3. The molecule has 8 nitrogen and oxygen atoms in total. The van der Waals surface area contributed by atoms with E-state index in [-0.39, 0.29) is 18.8 Å². The summed E-state index contributed by atoms with van der Waals surface area (Å²) in [5.41, 5.74) is 2.11. The summed E-state index contributed by atoms with van der Waals surface area (Å²) in [5.74, 6) is -1.25. The molecule has 2 aromatic rings. The van der Waals surface area contributed by atoms with Crippen molar-refractivity contribution < 1.29 is 24.3 Å². The van der Waals surface area contributed by atoms with Crippen LogP contribution in [0.5, 0.6) is 0 Å². The molecule has 1 N–H and O–H groups in total. The number of carbonyl (C=O) groups is 3. The van der Waals surface area contributed by atoms with Crippen molar-refractivity contribution in [3.63, 3.8) is 0 Å². The summed E-state index contributed by atoms with van der Waals surface area (Å²) >= 11 is 0. The van der Waals surface area contributed by atoms with Gasteiger partial charge in [0, 0.05) is 12.7 Å². The first-order valence-corrected chi connectivity index (χ1v) is 8.50. The number of amides is 2. The Morgan fingerprint density at radius 2 is 1.64 bits per heavy atom. The summed E-state index contributed by atoms with van der Waals surface area (Å²) in [4.78, 5) is 39.3. The molecule has 2 amide bonds. The number of nitrogens with zero attached hydrogens (tertiary/aromatic N) is 3. The van der Waals surface area contributed by atoms with Gasteiger partial charge in [0.1, 0.15) is 0 Å². The highest BCUT2D eigenvalue weighted by molar-refractivity contribution is 6.22. The van der Waals surface area contributed by atoms with Gasteiger partial charge in [-0.25, -0.2) is 4.79 Å². The van der Waals surface area contributed by atoms with Crippen molar-refractivity contribution in [3.8, 4) is 0 Å². The molecule has 0 atom stereocenters. The molecular weight excluding hydrogens is 362 g/mol. The van der Waals surface area contributed by atoms with Crippen molar-refractivity contribution in [2.24, 2.45) is 5.16 Å². The van der Waals surface area contributed by atoms with Crippen molar-refractivity contribution in [3.05, 3.63) is 65.2 Å². The maximum Gasteiger partial charge on any atom is 0.337 e. The van der Waals surface area contributed by atoms with Crippen molar-refractivity contribution in [1.82, 2.24) is 4.90 Å². The molecule has 0 aromatic heterocycles. The lowest BCUT2D eigenvalue weighted by Crippen LogP contribution is -2.39. The number of carbonyl (C=O) groups excluding carboxylic acids is 3. The molecule has 0 saturated heterocycles. The minimum absolute atomic E-state index is 0.118. The van der Waals surface area contributed by atoms with Crippen LogP contribution < -0.4 is 4.90 Å². The second kappa shape index (κ2) is 7.91. The van der Waals surface area contributed by atoms with Gasteiger partial charge in [0.25, 0.3) is 11.8 Å². The summed E-state index contributed by atoms with van der Waals surface area (Å²) in [6.07, 6.45) is 0. The topological polar surface area (TPSA) is 99.5 Å². The highest BCUT2D eigenvalue weighted by Crippen LogP contribution is 2.22. The molecular formula is C20H19N3O5. The summed E-state index contributed by atoms with van der Waals surface area (Å²) in [6.45, 7) is 0.0644. The smallest absolute Gasteiger partial charge is 0.337 e. The Bertz CT molecular complexity index is 918. The lowest BCUT2D eigenvalue weighted by atomic mass is 10.1. The normalized spacial score (nSPS) is 13.5. The van der Waals surface area contributed by atoms with E-state index < -0.39 is 17.8 Å². The number of methoxy groups -OCH3 is 1. The van der Waals surface area contributed by atoms with E-state index in [1.807, 2.05) is 0 Å². The van der Waals surface area contributed by atoms with Crippen LogP contribution in [0, 0.1) is 0 Å². The molecule has 0 bridgehead atoms. The lowest BCUT2D eigenvalue weighted by molar-refractivity contribution is 0.0599. The van der Waals surface area contributed by atoms with E-state index in [1.54, 1.807) is 60.5 Å². The molecule has 2 aromatic carbocycles. The van der Waals surface area contributed by atoms with Gasteiger partial charge in [0.2, 0.25) is 0 Å². The number of benzene rings is 2. The standard InChI is InChI=1S/C20H19N3O5/c1-22(15-9-7-13(8-10-15)20(26)28-2)11-14(21-27)12-23-18(24)16-5-3-4-6-17(16)19(23)25/h3-10,27H,11-12H2,1-2H3/b21-14+. The molecule has 0 radical (unpaired) electrons. The number of hydrogen-bond acceptors (Lipinski definition) is 7. The second-order valence-corrected chi connectivity index (χ2v) is 6.30. The van der Waals surface area contributed by atoms with Crippen molar-refractivity contribution >= 4 is 29.2 Å². The Balaban J connectivity index is 1.69. The number of rotatable bonds is 6. The minimum atomic E-state index is -0.433. The zero-order valence-electron chi connectivity index (χ0n) is 15.5. The van der Waals surface area contributed by atoms with Gasteiger partial charge in [-0.05, 0) is 36.4 Å². The molecule has 0 saturated carbocycles. The molecule has 3 rings (SSSR count). The van der Waals surface area contributed by atoms with Crippen molar-refractivity contribution in [2.75, 3.05) is 32.1 Å². The fraction of sp³-hybridized carbons (Fsp3) is 0.200. The SMILES string of the molecule is COC(=O)c1ccc(N(C)C/C(CN2C(=O)c3ccccc3C2=O)=N\O)cc1. The first kappa shape index (κ1) is 19.1. The molecule has 0 unspecified atom stereocenters. The fourth-order valence-electron chi connectivity index (χ4n) is 3.01. The van der Waals surface area contributed by atoms with Crippen LogP contribution in [0.15, 0.2) is 53.7 Å². The Labute approximate surface area is 161 Å². The average molecular weight is 381 g/mol. The zero-order valence-corrected chi connectivity index (χ0v) is 15.5. The van der Waals surface area contributed by atoms with Gasteiger partial charge in [-0.2, -0.15) is 0 Å². The van der Waals surface area contributed by atoms with E-state index in [1.165, 1.54) is 7.11 Å². The molecule has 8 heteroatoms.